The van der Waals surface area contributed by atoms with Crippen LogP contribution in [0, 0.1) is 0 Å². The van der Waals surface area contributed by atoms with E-state index in [2.05, 4.69) is 21.9 Å². The molecular weight excluding hydrogens is 1650 g/mol. The molecule has 2 spiro atoms. The van der Waals surface area contributed by atoms with Crippen molar-refractivity contribution in [2.24, 2.45) is 0 Å². The van der Waals surface area contributed by atoms with Crippen LogP contribution < -0.4 is 9.47 Å². The van der Waals surface area contributed by atoms with E-state index in [0.717, 1.165) is 57.7 Å². The van der Waals surface area contributed by atoms with Gasteiger partial charge in [0.2, 0.25) is 11.8 Å². The van der Waals surface area contributed by atoms with Gasteiger partial charge in [-0.15, -0.1) is 24.8 Å². The lowest BCUT2D eigenvalue weighted by atomic mass is 9.82. The fraction of sp³-hybridized carbons (Fsp3) is 0.429. The minimum absolute atomic E-state index is 0. The molecule has 0 saturated carbocycles. The third-order valence-electron chi connectivity index (χ3n) is 19.4. The highest BCUT2D eigenvalue weighted by Crippen LogP contribution is 2.49. The molecule has 4 atom stereocenters. The zero-order valence-corrected chi connectivity index (χ0v) is 67.9. The molecule has 4 amide bonds. The van der Waals surface area contributed by atoms with Crippen LogP contribution in [0.3, 0.4) is 0 Å². The van der Waals surface area contributed by atoms with Crippen LogP contribution in [0.2, 0.25) is 40.2 Å². The summed E-state index contributed by atoms with van der Waals surface area (Å²) in [6.45, 7) is 3.24. The molecule has 104 heavy (non-hydrogen) atoms. The van der Waals surface area contributed by atoms with Gasteiger partial charge in [-0.3, -0.25) is 27.8 Å². The predicted molar refractivity (Wildman–Crippen MR) is 418 cm³/mol. The number of hydrogen-bond donors (Lipinski definition) is 0. The van der Waals surface area contributed by atoms with Gasteiger partial charge in [0.1, 0.15) is 22.9 Å². The van der Waals surface area contributed by atoms with Gasteiger partial charge in [0, 0.05) is 74.4 Å². The van der Waals surface area contributed by atoms with Crippen LogP contribution in [-0.2, 0) is 63.3 Å². The first-order valence-corrected chi connectivity index (χ1v) is 37.5. The maximum absolute atomic E-state index is 13.9. The topological polar surface area (TPSA) is 140 Å². The summed E-state index contributed by atoms with van der Waals surface area (Å²) < 4.78 is 117. The first-order chi connectivity index (χ1) is 47.1. The van der Waals surface area contributed by atoms with Crippen molar-refractivity contribution in [3.8, 4) is 11.5 Å². The van der Waals surface area contributed by atoms with Gasteiger partial charge in [-0.2, -0.15) is 53.3 Å². The van der Waals surface area contributed by atoms with Crippen molar-refractivity contribution >= 4 is 190 Å². The van der Waals surface area contributed by atoms with Gasteiger partial charge in [0.15, 0.2) is 11.5 Å². The number of halogens is 16. The Balaban J connectivity index is 0.000000360. The molecule has 572 valence electrons. The molecule has 0 N–H and O–H groups in total. The number of carbonyl (C=O) groups excluding carboxylic acids is 4. The number of likely N-dealkylation sites (N-methyl/N-ethyl adjacent to an activating group) is 4. The Morgan fingerprint density at radius 2 is 0.808 bits per heavy atom. The summed E-state index contributed by atoms with van der Waals surface area (Å²) in [6, 6.07) is 34.6. The van der Waals surface area contributed by atoms with E-state index in [9.17, 15) is 53.9 Å². The Morgan fingerprint density at radius 1 is 0.471 bits per heavy atom. The zero-order chi connectivity index (χ0) is 72.9. The second-order valence-electron chi connectivity index (χ2n) is 25.5. The van der Waals surface area contributed by atoms with Gasteiger partial charge in [-0.25, -0.2) is 9.59 Å². The number of amides is 4. The summed E-state index contributed by atoms with van der Waals surface area (Å²) >= 11 is 50.3. The van der Waals surface area contributed by atoms with Crippen molar-refractivity contribution < 1.29 is 63.4 Å². The minimum Gasteiger partial charge on any atom is -0.409 e. The van der Waals surface area contributed by atoms with Crippen molar-refractivity contribution in [3.05, 3.63) is 195 Å². The highest BCUT2D eigenvalue weighted by Gasteiger charge is 2.50. The second-order valence-corrected chi connectivity index (χ2v) is 32.3. The van der Waals surface area contributed by atoms with Crippen molar-refractivity contribution in [2.45, 2.75) is 109 Å². The summed E-state index contributed by atoms with van der Waals surface area (Å²) in [5.41, 5.74) is 2.57. The molecule has 2 fully saturated rings. The molecule has 2 saturated heterocycles. The maximum Gasteiger partial charge on any atom is 0.415 e. The summed E-state index contributed by atoms with van der Waals surface area (Å²) in [5.74, 6) is -1.29. The van der Waals surface area contributed by atoms with Crippen LogP contribution in [0.4, 0.5) is 35.9 Å². The van der Waals surface area contributed by atoms with E-state index in [1.54, 1.807) is 36.4 Å². The molecule has 2 unspecified atom stereocenters. The third kappa shape index (κ3) is 21.0. The first kappa shape index (κ1) is 90.8. The van der Waals surface area contributed by atoms with E-state index in [0.29, 0.717) is 74.7 Å². The molecule has 0 radical (unpaired) electrons. The molecule has 6 aromatic rings. The number of carbonyl (C=O) groups is 4. The third-order valence-corrected chi connectivity index (χ3v) is 26.7. The maximum atomic E-state index is 13.9. The smallest absolute Gasteiger partial charge is 0.409 e. The average molecular weight is 1730 g/mol. The quantitative estimate of drug-likeness (QED) is 0.0679. The Kier molecular flexibility index (Phi) is 33.4. The number of benzene rings is 6. The Bertz CT molecular complexity index is 3820. The van der Waals surface area contributed by atoms with Crippen molar-refractivity contribution in [1.29, 1.82) is 0 Å². The van der Waals surface area contributed by atoms with Crippen LogP contribution in [0.25, 0.3) is 0 Å². The van der Waals surface area contributed by atoms with E-state index in [-0.39, 0.29) is 139 Å². The number of likely N-dealkylation sites (tertiary alicyclic amines) is 2. The van der Waals surface area contributed by atoms with Crippen LogP contribution in [0.5, 0.6) is 11.5 Å². The summed E-state index contributed by atoms with van der Waals surface area (Å²) in [6.07, 6.45) is -10.4. The number of fused-ring (bicyclic) bond motifs is 4. The highest BCUT2D eigenvalue weighted by molar-refractivity contribution is 7.85. The molecule has 0 aliphatic carbocycles. The summed E-state index contributed by atoms with van der Waals surface area (Å²) in [5, 5.41) is 1.09. The average Bonchev–Trinajstić information content (AvgIpc) is 1.51. The minimum atomic E-state index is -4.74. The highest BCUT2D eigenvalue weighted by atomic mass is 35.5. The zero-order valence-electron chi connectivity index (χ0n) is 56.6. The number of ether oxygens (including phenoxy) is 2. The standard InChI is InChI=1S/2C35H36Cl4F3N3O4S.2ClH.2H2S/c2*1-43(30(46)20-35(40,41)42)22-33(24-11-12-26(36)28(38)19-24,44(2)32(47)49-29-10-5-9-27(37)31(29)39)13-6-16-45-17-14-34(15-18-45)25-8-4-3-7-23(25)21-50(34)48;;;;/h2*3-5,7-12,19H,6,13-18,20-22H2,1-2H3;2*1H;2*1H2/t2*33-,50?;;;;/m11..../s1. The number of piperidine rings is 2. The predicted octanol–water partition coefficient (Wildman–Crippen LogP) is 19.2. The molecule has 0 bridgehead atoms. The van der Waals surface area contributed by atoms with Gasteiger partial charge in [0.25, 0.3) is 0 Å². The first-order valence-electron chi connectivity index (χ1n) is 31.8. The molecule has 4 aliphatic heterocycles. The molecule has 4 heterocycles. The monoisotopic (exact) mass is 1720 g/mol. The van der Waals surface area contributed by atoms with Gasteiger partial charge < -0.3 is 29.1 Å². The van der Waals surface area contributed by atoms with E-state index in [1.165, 1.54) is 74.4 Å². The molecule has 34 heteroatoms. The lowest BCUT2D eigenvalue weighted by Gasteiger charge is -2.45. The lowest BCUT2D eigenvalue weighted by Crippen LogP contribution is -2.55. The molecule has 6 aromatic carbocycles. The Labute approximate surface area is 672 Å². The van der Waals surface area contributed by atoms with E-state index in [1.807, 2.05) is 36.4 Å². The number of nitrogens with zero attached hydrogens (tertiary/aromatic N) is 6. The Morgan fingerprint density at radius 3 is 1.13 bits per heavy atom. The van der Waals surface area contributed by atoms with Crippen molar-refractivity contribution in [2.75, 3.05) is 80.5 Å². The fourth-order valence-electron chi connectivity index (χ4n) is 14.0. The van der Waals surface area contributed by atoms with E-state index < -0.39 is 81.9 Å². The molecule has 4 aliphatic rings. The lowest BCUT2D eigenvalue weighted by molar-refractivity contribution is -0.163. The normalized spacial score (nSPS) is 17.7. The number of alkyl halides is 6. The van der Waals surface area contributed by atoms with Crippen molar-refractivity contribution in [1.82, 2.24) is 29.4 Å². The van der Waals surface area contributed by atoms with Gasteiger partial charge in [0.05, 0.1) is 50.7 Å². The van der Waals surface area contributed by atoms with Crippen molar-refractivity contribution in [3.63, 3.8) is 0 Å². The van der Waals surface area contributed by atoms with Crippen LogP contribution in [0.1, 0.15) is 97.6 Å². The van der Waals surface area contributed by atoms with Gasteiger partial charge in [-0.05, 0) is 173 Å². The molecular formula is C70H78Cl10F6N6O8S4. The van der Waals surface area contributed by atoms with E-state index >= 15 is 0 Å². The summed E-state index contributed by atoms with van der Waals surface area (Å²) in [7, 11) is 3.37. The van der Waals surface area contributed by atoms with Crippen LogP contribution in [-0.4, -0.2) is 155 Å². The SMILES string of the molecule is CN(C[C@](CCCN1CCC2(CC1)c1ccccc1CS2=O)(c1ccc(Cl)c(Cl)c1)N(C)C(=O)Oc1cccc(Cl)c1Cl)C(=O)CC(F)(F)F.CN(C[C@](CCCN1CCC2(CC1)c1ccccc1CS2=O)(c1ccc(Cl)c(Cl)c1)N(C)C(=O)Oc1cccc(Cl)c1Cl)C(=O)CC(F)(F)F.Cl.Cl.S.S. The van der Waals surface area contributed by atoms with E-state index in [4.69, 9.17) is 102 Å². The Hall–Kier alpha value is -3.80. The fourth-order valence-corrected chi connectivity index (χ4v) is 19.0. The molecule has 10 rings (SSSR count). The summed E-state index contributed by atoms with van der Waals surface area (Å²) in [4.78, 5) is 62.5. The van der Waals surface area contributed by atoms with Crippen LogP contribution in [0.15, 0.2) is 121 Å². The molecule has 14 nitrogen and oxygen atoms in total. The largest absolute Gasteiger partial charge is 0.415 e. The number of hydrogen-bond acceptors (Lipinski definition) is 10. The second kappa shape index (κ2) is 38.2. The molecule has 0 aromatic heterocycles. The van der Waals surface area contributed by atoms with Crippen LogP contribution >= 0.6 is 145 Å². The number of rotatable bonds is 20. The van der Waals surface area contributed by atoms with Gasteiger partial charge in [-0.1, -0.05) is 166 Å². The van der Waals surface area contributed by atoms with Gasteiger partial charge >= 0.3 is 24.5 Å².